The molecule has 0 aliphatic heterocycles. The summed E-state index contributed by atoms with van der Waals surface area (Å²) in [6.45, 7) is 1.43. The Kier molecular flexibility index (Phi) is 4.77. The number of H-pyrrole nitrogens is 1. The summed E-state index contributed by atoms with van der Waals surface area (Å²) in [6, 6.07) is 3.58. The van der Waals surface area contributed by atoms with Gasteiger partial charge in [0.05, 0.1) is 6.07 Å². The molecule has 8 heavy (non-hydrogen) atoms. The molecule has 0 unspecified atom stereocenters. The van der Waals surface area contributed by atoms with Crippen LogP contribution in [-0.2, 0) is 0 Å². The lowest BCUT2D eigenvalue weighted by molar-refractivity contribution is 1.09. The van der Waals surface area contributed by atoms with E-state index in [1.165, 1.54) is 6.92 Å². The first-order chi connectivity index (χ1) is 3.91. The van der Waals surface area contributed by atoms with Crippen LogP contribution in [0.2, 0.25) is 0 Å². The van der Waals surface area contributed by atoms with Crippen molar-refractivity contribution in [2.45, 2.75) is 6.92 Å². The summed E-state index contributed by atoms with van der Waals surface area (Å²) in [5.74, 6) is 0. The highest BCUT2D eigenvalue weighted by molar-refractivity contribution is 4.72. The van der Waals surface area contributed by atoms with Crippen molar-refractivity contribution < 1.29 is 0 Å². The molecule has 3 heteroatoms. The molecule has 42 valence electrons. The number of aromatic amines is 1. The van der Waals surface area contributed by atoms with Crippen LogP contribution in [0, 0.1) is 11.3 Å². The smallest absolute Gasteiger partial charge is 0.0587 e. The number of rotatable bonds is 0. The van der Waals surface area contributed by atoms with Gasteiger partial charge in [-0.1, -0.05) is 0 Å². The molecule has 1 aromatic heterocycles. The Hall–Kier alpha value is -1.30. The Morgan fingerprint density at radius 1 is 1.75 bits per heavy atom. The van der Waals surface area contributed by atoms with Crippen LogP contribution in [0.3, 0.4) is 0 Å². The Labute approximate surface area is 48.0 Å². The first kappa shape index (κ1) is 6.70. The van der Waals surface area contributed by atoms with Crippen LogP contribution in [-0.4, -0.2) is 10.2 Å². The van der Waals surface area contributed by atoms with Crippen molar-refractivity contribution in [1.29, 1.82) is 5.26 Å². The zero-order valence-corrected chi connectivity index (χ0v) is 4.63. The second kappa shape index (κ2) is 5.70. The topological polar surface area (TPSA) is 52.5 Å². The van der Waals surface area contributed by atoms with Crippen molar-refractivity contribution >= 4 is 0 Å². The number of nitrogens with zero attached hydrogens (tertiary/aromatic N) is 2. The molecule has 0 bridgehead atoms. The van der Waals surface area contributed by atoms with Crippen LogP contribution in [0.5, 0.6) is 0 Å². The van der Waals surface area contributed by atoms with Crippen LogP contribution < -0.4 is 0 Å². The van der Waals surface area contributed by atoms with E-state index >= 15 is 0 Å². The van der Waals surface area contributed by atoms with Crippen LogP contribution in [0.4, 0.5) is 0 Å². The minimum absolute atomic E-state index is 1.43. The lowest BCUT2D eigenvalue weighted by atomic mass is 10.8. The zero-order chi connectivity index (χ0) is 6.24. The molecule has 1 N–H and O–H groups in total. The van der Waals surface area contributed by atoms with Crippen molar-refractivity contribution in [3.05, 3.63) is 18.5 Å². The molecule has 0 aliphatic rings. The average Bonchev–Trinajstić information content (AvgIpc) is 2.17. The minimum Gasteiger partial charge on any atom is -0.286 e. The van der Waals surface area contributed by atoms with Gasteiger partial charge in [-0.3, -0.25) is 5.10 Å². The van der Waals surface area contributed by atoms with E-state index in [0.717, 1.165) is 0 Å². The molecular formula is C5H7N3. The number of hydrogen-bond donors (Lipinski definition) is 1. The van der Waals surface area contributed by atoms with Crippen LogP contribution in [0.15, 0.2) is 18.5 Å². The lowest BCUT2D eigenvalue weighted by Gasteiger charge is -1.49. The van der Waals surface area contributed by atoms with Crippen molar-refractivity contribution in [2.75, 3.05) is 0 Å². The predicted octanol–water partition coefficient (Wildman–Crippen LogP) is 0.940. The largest absolute Gasteiger partial charge is 0.286 e. The van der Waals surface area contributed by atoms with Gasteiger partial charge in [-0.05, 0) is 6.07 Å². The highest BCUT2D eigenvalue weighted by Gasteiger charge is 1.56. The van der Waals surface area contributed by atoms with Crippen LogP contribution in [0.25, 0.3) is 0 Å². The van der Waals surface area contributed by atoms with Gasteiger partial charge in [0.15, 0.2) is 0 Å². The Balaban J connectivity index is 0.000000145. The first-order valence-electron chi connectivity index (χ1n) is 2.16. The quantitative estimate of drug-likeness (QED) is 0.539. The summed E-state index contributed by atoms with van der Waals surface area (Å²) in [7, 11) is 0. The molecule has 1 rings (SSSR count). The van der Waals surface area contributed by atoms with E-state index in [2.05, 4.69) is 10.2 Å². The normalized spacial score (nSPS) is 6.00. The molecule has 0 aromatic carbocycles. The van der Waals surface area contributed by atoms with Gasteiger partial charge in [0.1, 0.15) is 0 Å². The summed E-state index contributed by atoms with van der Waals surface area (Å²) in [4.78, 5) is 0. The van der Waals surface area contributed by atoms with Gasteiger partial charge >= 0.3 is 0 Å². The molecule has 0 atom stereocenters. The van der Waals surface area contributed by atoms with E-state index in [1.54, 1.807) is 18.5 Å². The molecule has 0 saturated heterocycles. The number of nitrogens with one attached hydrogen (secondary N) is 1. The van der Waals surface area contributed by atoms with Gasteiger partial charge in [-0.25, -0.2) is 0 Å². The lowest BCUT2D eigenvalue weighted by Crippen LogP contribution is -1.53. The van der Waals surface area contributed by atoms with Gasteiger partial charge in [-0.15, -0.1) is 0 Å². The molecule has 0 saturated carbocycles. The number of aromatic nitrogens is 2. The Bertz CT molecular complexity index is 120. The highest BCUT2D eigenvalue weighted by atomic mass is 15.1. The Morgan fingerprint density at radius 2 is 2.38 bits per heavy atom. The third-order valence-corrected chi connectivity index (χ3v) is 0.406. The summed E-state index contributed by atoms with van der Waals surface area (Å²) in [5.41, 5.74) is 0. The number of hydrogen-bond acceptors (Lipinski definition) is 2. The predicted molar refractivity (Wildman–Crippen MR) is 29.9 cm³/mol. The van der Waals surface area contributed by atoms with Crippen molar-refractivity contribution in [2.24, 2.45) is 0 Å². The van der Waals surface area contributed by atoms with E-state index in [-0.39, 0.29) is 0 Å². The molecule has 1 aromatic rings. The molecule has 3 nitrogen and oxygen atoms in total. The molecule has 1 heterocycles. The van der Waals surface area contributed by atoms with E-state index in [4.69, 9.17) is 5.26 Å². The third-order valence-electron chi connectivity index (χ3n) is 0.406. The highest BCUT2D eigenvalue weighted by Crippen LogP contribution is 1.64. The molecule has 0 aliphatic carbocycles. The third kappa shape index (κ3) is 4.70. The summed E-state index contributed by atoms with van der Waals surface area (Å²) in [5, 5.41) is 13.5. The second-order valence-corrected chi connectivity index (χ2v) is 0.990. The molecular weight excluding hydrogens is 102 g/mol. The maximum atomic E-state index is 7.32. The van der Waals surface area contributed by atoms with E-state index in [1.807, 2.05) is 6.07 Å². The fraction of sp³-hybridized carbons (Fsp3) is 0.200. The standard InChI is InChI=1S/C3H4N2.C2H3N/c1-2-4-5-3-1;1-2-3/h1-3H,(H,4,5);1H3. The fourth-order valence-corrected chi connectivity index (χ4v) is 0.215. The van der Waals surface area contributed by atoms with Crippen molar-refractivity contribution in [3.63, 3.8) is 0 Å². The summed E-state index contributed by atoms with van der Waals surface area (Å²) in [6.07, 6.45) is 3.46. The first-order valence-corrected chi connectivity index (χ1v) is 2.16. The molecule has 0 amide bonds. The van der Waals surface area contributed by atoms with E-state index < -0.39 is 0 Å². The van der Waals surface area contributed by atoms with E-state index in [0.29, 0.717) is 0 Å². The van der Waals surface area contributed by atoms with Gasteiger partial charge in [0.2, 0.25) is 0 Å². The fourth-order valence-electron chi connectivity index (χ4n) is 0.215. The van der Waals surface area contributed by atoms with Crippen LogP contribution >= 0.6 is 0 Å². The monoisotopic (exact) mass is 109 g/mol. The van der Waals surface area contributed by atoms with Crippen molar-refractivity contribution in [1.82, 2.24) is 10.2 Å². The van der Waals surface area contributed by atoms with Gasteiger partial charge in [-0.2, -0.15) is 10.4 Å². The van der Waals surface area contributed by atoms with E-state index in [9.17, 15) is 0 Å². The van der Waals surface area contributed by atoms with Gasteiger partial charge in [0.25, 0.3) is 0 Å². The maximum Gasteiger partial charge on any atom is 0.0587 e. The van der Waals surface area contributed by atoms with Gasteiger partial charge in [0, 0.05) is 19.3 Å². The van der Waals surface area contributed by atoms with Crippen LogP contribution in [0.1, 0.15) is 6.92 Å². The van der Waals surface area contributed by atoms with Gasteiger partial charge < -0.3 is 0 Å². The molecule has 0 fully saturated rings. The molecule has 0 spiro atoms. The average molecular weight is 109 g/mol. The Morgan fingerprint density at radius 3 is 2.50 bits per heavy atom. The SMILES string of the molecule is CC#N.c1cn[nH]c1. The second-order valence-electron chi connectivity index (χ2n) is 0.990. The zero-order valence-electron chi connectivity index (χ0n) is 4.63. The van der Waals surface area contributed by atoms with Crippen molar-refractivity contribution in [3.8, 4) is 6.07 Å². The summed E-state index contributed by atoms with van der Waals surface area (Å²) >= 11 is 0. The maximum absolute atomic E-state index is 7.32. The molecule has 0 radical (unpaired) electrons. The number of nitriles is 1. The summed E-state index contributed by atoms with van der Waals surface area (Å²) < 4.78 is 0. The minimum atomic E-state index is 1.43.